The molecule has 1 aromatic carbocycles. The van der Waals surface area contributed by atoms with E-state index in [9.17, 15) is 18.0 Å². The number of aromatic amines is 1. The van der Waals surface area contributed by atoms with Gasteiger partial charge in [0.1, 0.15) is 0 Å². The SMILES string of the molecule is CCCc1nc2ccc(S(=O)(=O)N3CCOCC3)cc2c2c1C(=O)N(c1c(C)n[nH]c1C)C2=O. The second-order valence-corrected chi connectivity index (χ2v) is 10.4. The smallest absolute Gasteiger partial charge is 0.268 e. The van der Waals surface area contributed by atoms with E-state index < -0.39 is 21.8 Å². The number of benzene rings is 1. The monoisotopic (exact) mass is 483 g/mol. The van der Waals surface area contributed by atoms with Gasteiger partial charge in [0.15, 0.2) is 0 Å². The zero-order valence-electron chi connectivity index (χ0n) is 19.2. The standard InChI is InChI=1S/C23H25N5O5S/c1-4-5-18-20-19(22(29)28(23(20)30)21-13(2)25-26-14(21)3)16-12-15(6-7-17(16)24-18)34(31,32)27-8-10-33-11-9-27/h6-7,12H,4-5,8-11H2,1-3H3,(H,25,26). The lowest BCUT2D eigenvalue weighted by Crippen LogP contribution is -2.40. The molecule has 4 heterocycles. The molecule has 1 fully saturated rings. The Morgan fingerprint density at radius 2 is 1.79 bits per heavy atom. The number of anilines is 1. The number of imide groups is 1. The second-order valence-electron chi connectivity index (χ2n) is 8.48. The zero-order valence-corrected chi connectivity index (χ0v) is 20.0. The van der Waals surface area contributed by atoms with Crippen LogP contribution in [0.1, 0.15) is 51.1 Å². The molecule has 0 bridgehead atoms. The number of hydrogen-bond acceptors (Lipinski definition) is 7. The molecule has 2 aromatic heterocycles. The van der Waals surface area contributed by atoms with Gasteiger partial charge >= 0.3 is 0 Å². The number of aromatic nitrogens is 3. The molecule has 0 unspecified atom stereocenters. The summed E-state index contributed by atoms with van der Waals surface area (Å²) in [6.45, 7) is 6.62. The van der Waals surface area contributed by atoms with Crippen LogP contribution in [0.5, 0.6) is 0 Å². The maximum Gasteiger partial charge on any atom is 0.268 e. The van der Waals surface area contributed by atoms with Crippen LogP contribution in [0.4, 0.5) is 5.69 Å². The highest BCUT2D eigenvalue weighted by molar-refractivity contribution is 7.89. The molecule has 178 valence electrons. The van der Waals surface area contributed by atoms with E-state index in [1.807, 2.05) is 6.92 Å². The molecule has 2 aliphatic heterocycles. The molecule has 11 heteroatoms. The molecule has 0 spiro atoms. The molecule has 1 saturated heterocycles. The summed E-state index contributed by atoms with van der Waals surface area (Å²) in [6.07, 6.45) is 1.25. The normalized spacial score (nSPS) is 17.1. The van der Waals surface area contributed by atoms with Crippen LogP contribution in [0.25, 0.3) is 10.9 Å². The van der Waals surface area contributed by atoms with Crippen LogP contribution in [-0.2, 0) is 21.2 Å². The first-order valence-electron chi connectivity index (χ1n) is 11.2. The summed E-state index contributed by atoms with van der Waals surface area (Å²) < 4.78 is 33.2. The third-order valence-corrected chi connectivity index (χ3v) is 8.17. The van der Waals surface area contributed by atoms with Gasteiger partial charge in [0.2, 0.25) is 10.0 Å². The third-order valence-electron chi connectivity index (χ3n) is 6.27. The number of fused-ring (bicyclic) bond motifs is 3. The maximum absolute atomic E-state index is 13.7. The largest absolute Gasteiger partial charge is 0.379 e. The van der Waals surface area contributed by atoms with E-state index in [1.165, 1.54) is 16.4 Å². The van der Waals surface area contributed by atoms with Gasteiger partial charge in [-0.15, -0.1) is 0 Å². The lowest BCUT2D eigenvalue weighted by Gasteiger charge is -2.26. The second kappa shape index (κ2) is 8.26. The third kappa shape index (κ3) is 3.34. The van der Waals surface area contributed by atoms with E-state index in [1.54, 1.807) is 19.9 Å². The molecule has 2 aliphatic rings. The fourth-order valence-electron chi connectivity index (χ4n) is 4.65. The highest BCUT2D eigenvalue weighted by Gasteiger charge is 2.42. The number of aryl methyl sites for hydroxylation is 3. The van der Waals surface area contributed by atoms with Crippen LogP contribution < -0.4 is 4.90 Å². The van der Waals surface area contributed by atoms with Crippen molar-refractivity contribution in [2.45, 2.75) is 38.5 Å². The number of nitrogens with one attached hydrogen (secondary N) is 1. The number of rotatable bonds is 5. The van der Waals surface area contributed by atoms with Gasteiger partial charge in [-0.1, -0.05) is 13.3 Å². The predicted octanol–water partition coefficient (Wildman–Crippen LogP) is 2.35. The summed E-state index contributed by atoms with van der Waals surface area (Å²) in [5.41, 5.74) is 2.98. The van der Waals surface area contributed by atoms with Gasteiger partial charge < -0.3 is 4.74 Å². The lowest BCUT2D eigenvalue weighted by molar-refractivity contribution is 0.0730. The predicted molar refractivity (Wildman–Crippen MR) is 125 cm³/mol. The highest BCUT2D eigenvalue weighted by atomic mass is 32.2. The van der Waals surface area contributed by atoms with Crippen molar-refractivity contribution in [2.75, 3.05) is 31.2 Å². The van der Waals surface area contributed by atoms with Crippen LogP contribution in [0.2, 0.25) is 0 Å². The fourth-order valence-corrected chi connectivity index (χ4v) is 6.09. The summed E-state index contributed by atoms with van der Waals surface area (Å²) in [5, 5.41) is 7.30. The summed E-state index contributed by atoms with van der Waals surface area (Å²) in [5.74, 6) is -0.967. The molecule has 0 radical (unpaired) electrons. The highest BCUT2D eigenvalue weighted by Crippen LogP contribution is 2.37. The van der Waals surface area contributed by atoms with Crippen LogP contribution in [0.3, 0.4) is 0 Å². The van der Waals surface area contributed by atoms with Crippen molar-refractivity contribution in [3.63, 3.8) is 0 Å². The van der Waals surface area contributed by atoms with E-state index in [-0.39, 0.29) is 29.1 Å². The van der Waals surface area contributed by atoms with E-state index in [0.717, 1.165) is 11.3 Å². The number of amides is 2. The average Bonchev–Trinajstić information content (AvgIpc) is 3.29. The van der Waals surface area contributed by atoms with Crippen LogP contribution in [-0.4, -0.2) is 66.0 Å². The molecule has 0 saturated carbocycles. The Bertz CT molecular complexity index is 1420. The van der Waals surface area contributed by atoms with Crippen molar-refractivity contribution < 1.29 is 22.7 Å². The summed E-state index contributed by atoms with van der Waals surface area (Å²) in [7, 11) is -3.79. The molecule has 34 heavy (non-hydrogen) atoms. The molecule has 0 aliphatic carbocycles. The summed E-state index contributed by atoms with van der Waals surface area (Å²) >= 11 is 0. The molecular weight excluding hydrogens is 458 g/mol. The van der Waals surface area contributed by atoms with Gasteiger partial charge in [0.25, 0.3) is 11.8 Å². The van der Waals surface area contributed by atoms with E-state index in [2.05, 4.69) is 15.2 Å². The van der Waals surface area contributed by atoms with Gasteiger partial charge in [0, 0.05) is 18.5 Å². The molecular formula is C23H25N5O5S. The Morgan fingerprint density at radius 1 is 1.09 bits per heavy atom. The zero-order chi connectivity index (χ0) is 24.2. The summed E-state index contributed by atoms with van der Waals surface area (Å²) in [4.78, 5) is 33.1. The molecule has 10 nitrogen and oxygen atoms in total. The number of morpholine rings is 1. The molecule has 0 atom stereocenters. The number of pyridine rings is 1. The first kappa shape index (κ1) is 22.6. The Labute approximate surface area is 197 Å². The molecule has 2 amide bonds. The van der Waals surface area contributed by atoms with Crippen molar-refractivity contribution >= 4 is 38.4 Å². The number of hydrogen-bond donors (Lipinski definition) is 1. The van der Waals surface area contributed by atoms with Crippen LogP contribution in [0, 0.1) is 13.8 Å². The molecule has 5 rings (SSSR count). The van der Waals surface area contributed by atoms with E-state index >= 15 is 0 Å². The van der Waals surface area contributed by atoms with Gasteiger partial charge in [0.05, 0.1) is 57.5 Å². The Balaban J connectivity index is 1.72. The van der Waals surface area contributed by atoms with Gasteiger partial charge in [-0.3, -0.25) is 19.7 Å². The molecule has 3 aromatic rings. The van der Waals surface area contributed by atoms with Gasteiger partial charge in [-0.25, -0.2) is 13.3 Å². The van der Waals surface area contributed by atoms with Crippen molar-refractivity contribution in [3.05, 3.63) is 46.4 Å². The van der Waals surface area contributed by atoms with Crippen molar-refractivity contribution in [1.29, 1.82) is 0 Å². The fraction of sp³-hybridized carbons (Fsp3) is 0.391. The Kier molecular flexibility index (Phi) is 5.50. The topological polar surface area (TPSA) is 126 Å². The Morgan fingerprint density at radius 3 is 2.44 bits per heavy atom. The van der Waals surface area contributed by atoms with Crippen molar-refractivity contribution in [1.82, 2.24) is 19.5 Å². The summed E-state index contributed by atoms with van der Waals surface area (Å²) in [6, 6.07) is 4.58. The first-order valence-corrected chi connectivity index (χ1v) is 12.6. The van der Waals surface area contributed by atoms with Gasteiger partial charge in [-0.05, 0) is 38.5 Å². The average molecular weight is 484 g/mol. The van der Waals surface area contributed by atoms with Crippen LogP contribution >= 0.6 is 0 Å². The Hall–Kier alpha value is -3.15. The first-order chi connectivity index (χ1) is 16.3. The molecule has 1 N–H and O–H groups in total. The minimum Gasteiger partial charge on any atom is -0.379 e. The number of sulfonamides is 1. The minimum atomic E-state index is -3.79. The van der Waals surface area contributed by atoms with Crippen LogP contribution in [0.15, 0.2) is 23.1 Å². The number of H-pyrrole nitrogens is 1. The quantitative estimate of drug-likeness (QED) is 0.552. The number of carbonyl (C=O) groups excluding carboxylic acids is 2. The van der Waals surface area contributed by atoms with E-state index in [4.69, 9.17) is 4.74 Å². The van der Waals surface area contributed by atoms with Crippen molar-refractivity contribution in [2.24, 2.45) is 0 Å². The van der Waals surface area contributed by atoms with Gasteiger partial charge in [-0.2, -0.15) is 9.40 Å². The number of ether oxygens (including phenoxy) is 1. The minimum absolute atomic E-state index is 0.0588. The van der Waals surface area contributed by atoms with E-state index in [0.29, 0.717) is 53.3 Å². The maximum atomic E-state index is 13.7. The number of carbonyl (C=O) groups is 2. The van der Waals surface area contributed by atoms with Crippen molar-refractivity contribution in [3.8, 4) is 0 Å². The lowest BCUT2D eigenvalue weighted by atomic mass is 10.00. The number of nitrogens with zero attached hydrogens (tertiary/aromatic N) is 4.